The molecule has 0 radical (unpaired) electrons. The van der Waals surface area contributed by atoms with Crippen molar-refractivity contribution in [3.05, 3.63) is 30.3 Å². The molecule has 2 rings (SSSR count). The van der Waals surface area contributed by atoms with Crippen molar-refractivity contribution in [1.29, 1.82) is 0 Å². The van der Waals surface area contributed by atoms with Crippen molar-refractivity contribution in [2.75, 3.05) is 10.2 Å². The zero-order valence-electron chi connectivity index (χ0n) is 9.48. The first-order valence-corrected chi connectivity index (χ1v) is 7.56. The van der Waals surface area contributed by atoms with E-state index in [9.17, 15) is 9.59 Å². The second kappa shape index (κ2) is 5.84. The Bertz CT molecular complexity index is 453. The molecule has 0 saturated carbocycles. The molecule has 18 heavy (non-hydrogen) atoms. The van der Waals surface area contributed by atoms with E-state index in [0.717, 1.165) is 5.33 Å². The first-order valence-electron chi connectivity index (χ1n) is 5.53. The van der Waals surface area contributed by atoms with Crippen LogP contribution >= 0.6 is 31.9 Å². The highest BCUT2D eigenvalue weighted by Crippen LogP contribution is 2.22. The van der Waals surface area contributed by atoms with Crippen LogP contribution in [0.1, 0.15) is 6.42 Å². The zero-order valence-corrected chi connectivity index (χ0v) is 12.6. The molecule has 0 spiro atoms. The van der Waals surface area contributed by atoms with Crippen molar-refractivity contribution in [3.63, 3.8) is 0 Å². The number of amides is 3. The fourth-order valence-corrected chi connectivity index (χ4v) is 2.47. The van der Waals surface area contributed by atoms with E-state index in [0.29, 0.717) is 12.1 Å². The maximum Gasteiger partial charge on any atom is 0.329 e. The van der Waals surface area contributed by atoms with E-state index in [2.05, 4.69) is 37.2 Å². The molecule has 2 unspecified atom stereocenters. The molecule has 1 saturated heterocycles. The number of imide groups is 1. The molecule has 2 atom stereocenters. The van der Waals surface area contributed by atoms with E-state index >= 15 is 0 Å². The van der Waals surface area contributed by atoms with Crippen LogP contribution in [0, 0.1) is 0 Å². The predicted molar refractivity (Wildman–Crippen MR) is 77.4 cm³/mol. The molecule has 1 N–H and O–H groups in total. The van der Waals surface area contributed by atoms with Gasteiger partial charge in [0, 0.05) is 10.2 Å². The van der Waals surface area contributed by atoms with Gasteiger partial charge < -0.3 is 5.32 Å². The molecule has 0 aromatic heterocycles. The number of hydrogen-bond donors (Lipinski definition) is 1. The summed E-state index contributed by atoms with van der Waals surface area (Å²) < 4.78 is 0. The number of nitrogens with one attached hydrogen (secondary N) is 1. The lowest BCUT2D eigenvalue weighted by Crippen LogP contribution is -2.32. The van der Waals surface area contributed by atoms with Gasteiger partial charge in [-0.3, -0.25) is 4.79 Å². The number of para-hydroxylation sites is 1. The van der Waals surface area contributed by atoms with E-state index in [-0.39, 0.29) is 16.8 Å². The van der Waals surface area contributed by atoms with Crippen molar-refractivity contribution in [3.8, 4) is 0 Å². The summed E-state index contributed by atoms with van der Waals surface area (Å²) in [4.78, 5) is 25.4. The summed E-state index contributed by atoms with van der Waals surface area (Å²) in [7, 11) is 0. The summed E-state index contributed by atoms with van der Waals surface area (Å²) >= 11 is 6.77. The van der Waals surface area contributed by atoms with Crippen LogP contribution in [0.25, 0.3) is 0 Å². The van der Waals surface area contributed by atoms with Gasteiger partial charge in [0.05, 0.1) is 5.69 Å². The van der Waals surface area contributed by atoms with Gasteiger partial charge >= 0.3 is 6.03 Å². The second-order valence-corrected chi connectivity index (χ2v) is 5.94. The summed E-state index contributed by atoms with van der Waals surface area (Å²) in [6.07, 6.45) is 0.569. The van der Waals surface area contributed by atoms with E-state index in [1.54, 1.807) is 24.3 Å². The highest BCUT2D eigenvalue weighted by molar-refractivity contribution is 9.12. The van der Waals surface area contributed by atoms with Crippen LogP contribution in [0.2, 0.25) is 0 Å². The Kier molecular flexibility index (Phi) is 4.40. The first kappa shape index (κ1) is 13.5. The van der Waals surface area contributed by atoms with Crippen LogP contribution in [0.3, 0.4) is 0 Å². The molecule has 1 aliphatic rings. The standard InChI is InChI=1S/C12H12Br2N2O2/c13-7-8(14)6-10-11(17)16(12(18)15-10)9-4-2-1-3-5-9/h1-5,8,10H,6-7H2,(H,15,18). The smallest absolute Gasteiger partial charge is 0.325 e. The Morgan fingerprint density at radius 2 is 1.94 bits per heavy atom. The molecule has 0 bridgehead atoms. The highest BCUT2D eigenvalue weighted by Gasteiger charge is 2.39. The lowest BCUT2D eigenvalue weighted by molar-refractivity contribution is -0.118. The maximum atomic E-state index is 12.2. The first-order chi connectivity index (χ1) is 8.63. The Hall–Kier alpha value is -0.880. The third-order valence-corrected chi connectivity index (χ3v) is 5.04. The molecule has 3 amide bonds. The topological polar surface area (TPSA) is 49.4 Å². The quantitative estimate of drug-likeness (QED) is 0.649. The molecular weight excluding hydrogens is 364 g/mol. The number of anilines is 1. The van der Waals surface area contributed by atoms with Gasteiger partial charge in [-0.1, -0.05) is 50.1 Å². The summed E-state index contributed by atoms with van der Waals surface area (Å²) in [6, 6.07) is 8.12. The van der Waals surface area contributed by atoms with E-state index < -0.39 is 6.04 Å². The minimum atomic E-state index is -0.459. The lowest BCUT2D eigenvalue weighted by atomic mass is 10.1. The van der Waals surface area contributed by atoms with Crippen LogP contribution in [-0.4, -0.2) is 28.1 Å². The van der Waals surface area contributed by atoms with Gasteiger partial charge in [0.25, 0.3) is 5.91 Å². The number of urea groups is 1. The number of halogens is 2. The number of nitrogens with zero attached hydrogens (tertiary/aromatic N) is 1. The monoisotopic (exact) mass is 374 g/mol. The van der Waals surface area contributed by atoms with E-state index in [1.165, 1.54) is 4.90 Å². The SMILES string of the molecule is O=C1NC(CC(Br)CBr)C(=O)N1c1ccccc1. The molecule has 4 nitrogen and oxygen atoms in total. The van der Waals surface area contributed by atoms with E-state index in [4.69, 9.17) is 0 Å². The minimum Gasteiger partial charge on any atom is -0.325 e. The maximum absolute atomic E-state index is 12.2. The van der Waals surface area contributed by atoms with Crippen molar-refractivity contribution in [2.24, 2.45) is 0 Å². The number of carbonyl (C=O) groups is 2. The predicted octanol–water partition coefficient (Wildman–Crippen LogP) is 2.66. The van der Waals surface area contributed by atoms with Crippen LogP contribution in [-0.2, 0) is 4.79 Å². The van der Waals surface area contributed by atoms with Crippen LogP contribution in [0.15, 0.2) is 30.3 Å². The normalized spacial score (nSPS) is 21.0. The van der Waals surface area contributed by atoms with Gasteiger partial charge in [-0.25, -0.2) is 9.69 Å². The van der Waals surface area contributed by atoms with Crippen LogP contribution in [0.4, 0.5) is 10.5 Å². The average Bonchev–Trinajstić information content (AvgIpc) is 2.65. The van der Waals surface area contributed by atoms with Gasteiger partial charge in [0.15, 0.2) is 0 Å². The average molecular weight is 376 g/mol. The molecule has 1 heterocycles. The van der Waals surface area contributed by atoms with Gasteiger partial charge in [-0.05, 0) is 18.6 Å². The molecule has 1 aliphatic heterocycles. The fourth-order valence-electron chi connectivity index (χ4n) is 1.83. The summed E-state index contributed by atoms with van der Waals surface area (Å²) in [5.74, 6) is -0.198. The zero-order chi connectivity index (χ0) is 13.1. The molecular formula is C12H12Br2N2O2. The van der Waals surface area contributed by atoms with Crippen LogP contribution < -0.4 is 10.2 Å². The van der Waals surface area contributed by atoms with Crippen molar-refractivity contribution in [1.82, 2.24) is 5.32 Å². The van der Waals surface area contributed by atoms with Gasteiger partial charge in [-0.15, -0.1) is 0 Å². The van der Waals surface area contributed by atoms with Crippen molar-refractivity contribution in [2.45, 2.75) is 17.3 Å². The van der Waals surface area contributed by atoms with Gasteiger partial charge in [-0.2, -0.15) is 0 Å². The summed E-state index contributed by atoms with van der Waals surface area (Å²) in [6.45, 7) is 0. The van der Waals surface area contributed by atoms with Crippen molar-refractivity contribution >= 4 is 49.5 Å². The summed E-state index contributed by atoms with van der Waals surface area (Å²) in [5.41, 5.74) is 0.604. The number of alkyl halides is 2. The van der Waals surface area contributed by atoms with Gasteiger partial charge in [0.2, 0.25) is 0 Å². The van der Waals surface area contributed by atoms with E-state index in [1.807, 2.05) is 6.07 Å². The number of benzene rings is 1. The highest BCUT2D eigenvalue weighted by atomic mass is 79.9. The van der Waals surface area contributed by atoms with Crippen molar-refractivity contribution < 1.29 is 9.59 Å². The lowest BCUT2D eigenvalue weighted by Gasteiger charge is -2.13. The Morgan fingerprint density at radius 3 is 2.56 bits per heavy atom. The molecule has 1 aromatic rings. The Morgan fingerprint density at radius 1 is 1.28 bits per heavy atom. The number of hydrogen-bond acceptors (Lipinski definition) is 2. The second-order valence-electron chi connectivity index (χ2n) is 4.00. The molecule has 1 aromatic carbocycles. The fraction of sp³-hybridized carbons (Fsp3) is 0.333. The molecule has 6 heteroatoms. The third-order valence-electron chi connectivity index (χ3n) is 2.69. The largest absolute Gasteiger partial charge is 0.329 e. The third kappa shape index (κ3) is 2.75. The summed E-state index contributed by atoms with van der Waals surface area (Å²) in [5, 5.41) is 3.44. The Labute approximate surface area is 122 Å². The Balaban J connectivity index is 2.15. The number of carbonyl (C=O) groups excluding carboxylic acids is 2. The molecule has 0 aliphatic carbocycles. The van der Waals surface area contributed by atoms with Gasteiger partial charge in [0.1, 0.15) is 6.04 Å². The number of rotatable bonds is 4. The molecule has 1 fully saturated rings. The minimum absolute atomic E-state index is 0.155. The molecule has 96 valence electrons. The van der Waals surface area contributed by atoms with Crippen LogP contribution in [0.5, 0.6) is 0 Å².